The summed E-state index contributed by atoms with van der Waals surface area (Å²) in [5.74, 6) is -1.33. The van der Waals surface area contributed by atoms with Crippen LogP contribution in [-0.2, 0) is 11.4 Å². The average Bonchev–Trinajstić information content (AvgIpc) is 2.97. The Morgan fingerprint density at radius 1 is 0.968 bits per heavy atom. The Labute approximate surface area is 178 Å². The Bertz CT molecular complexity index is 1190. The summed E-state index contributed by atoms with van der Waals surface area (Å²) in [6.45, 7) is 1.61. The van der Waals surface area contributed by atoms with E-state index in [0.717, 1.165) is 10.5 Å². The van der Waals surface area contributed by atoms with E-state index in [1.165, 1.54) is 12.1 Å². The number of ether oxygens (including phenoxy) is 1. The predicted octanol–water partition coefficient (Wildman–Crippen LogP) is 3.95. The van der Waals surface area contributed by atoms with Crippen molar-refractivity contribution in [1.82, 2.24) is 4.90 Å². The highest BCUT2D eigenvalue weighted by Crippen LogP contribution is 2.24. The molecule has 1 aliphatic rings. The van der Waals surface area contributed by atoms with Crippen molar-refractivity contribution in [2.24, 2.45) is 0 Å². The van der Waals surface area contributed by atoms with Gasteiger partial charge in [0, 0.05) is 11.8 Å². The molecule has 4 rings (SSSR count). The number of nitrogens with one attached hydrogen (secondary N) is 1. The number of carbonyl (C=O) groups excluding carboxylic acids is 3. The van der Waals surface area contributed by atoms with E-state index in [9.17, 15) is 18.8 Å². The van der Waals surface area contributed by atoms with E-state index in [2.05, 4.69) is 5.32 Å². The third-order valence-electron chi connectivity index (χ3n) is 4.84. The zero-order chi connectivity index (χ0) is 22.0. The SMILES string of the molecule is Cc1ccc2c(c1)C(=O)N(CC(=O)Nc1cccc(OCc3cccc(F)c3)c1)C2=O. The summed E-state index contributed by atoms with van der Waals surface area (Å²) in [6.07, 6.45) is 0. The lowest BCUT2D eigenvalue weighted by Gasteiger charge is -2.14. The average molecular weight is 418 g/mol. The second-order valence-corrected chi connectivity index (χ2v) is 7.24. The molecule has 0 saturated carbocycles. The van der Waals surface area contributed by atoms with Crippen LogP contribution in [0.5, 0.6) is 5.75 Å². The number of anilines is 1. The van der Waals surface area contributed by atoms with Crippen LogP contribution in [0.4, 0.5) is 10.1 Å². The van der Waals surface area contributed by atoms with Gasteiger partial charge in [0.05, 0.1) is 11.1 Å². The van der Waals surface area contributed by atoms with E-state index < -0.39 is 17.7 Å². The number of halogens is 1. The van der Waals surface area contributed by atoms with Crippen LogP contribution in [-0.4, -0.2) is 29.2 Å². The van der Waals surface area contributed by atoms with Crippen LogP contribution in [0.3, 0.4) is 0 Å². The van der Waals surface area contributed by atoms with Gasteiger partial charge in [0.25, 0.3) is 11.8 Å². The first-order valence-corrected chi connectivity index (χ1v) is 9.65. The van der Waals surface area contributed by atoms with E-state index in [-0.39, 0.29) is 19.0 Å². The quantitative estimate of drug-likeness (QED) is 0.615. The minimum Gasteiger partial charge on any atom is -0.489 e. The number of hydrogen-bond acceptors (Lipinski definition) is 4. The molecule has 156 valence electrons. The van der Waals surface area contributed by atoms with E-state index in [0.29, 0.717) is 28.1 Å². The maximum Gasteiger partial charge on any atom is 0.262 e. The Hall–Kier alpha value is -4.00. The molecule has 7 heteroatoms. The molecule has 0 spiro atoms. The van der Waals surface area contributed by atoms with Gasteiger partial charge in [0.2, 0.25) is 5.91 Å². The van der Waals surface area contributed by atoms with Gasteiger partial charge < -0.3 is 10.1 Å². The molecule has 31 heavy (non-hydrogen) atoms. The van der Waals surface area contributed by atoms with Crippen LogP contribution in [0.15, 0.2) is 66.7 Å². The van der Waals surface area contributed by atoms with Crippen molar-refractivity contribution in [1.29, 1.82) is 0 Å². The van der Waals surface area contributed by atoms with Crippen LogP contribution in [0, 0.1) is 12.7 Å². The molecule has 3 aromatic rings. The van der Waals surface area contributed by atoms with Crippen molar-refractivity contribution in [2.45, 2.75) is 13.5 Å². The fourth-order valence-corrected chi connectivity index (χ4v) is 3.35. The highest BCUT2D eigenvalue weighted by molar-refractivity contribution is 6.22. The number of rotatable bonds is 6. The molecule has 0 unspecified atom stereocenters. The Morgan fingerprint density at radius 3 is 2.55 bits per heavy atom. The zero-order valence-corrected chi connectivity index (χ0v) is 16.7. The fraction of sp³-hybridized carbons (Fsp3) is 0.125. The maximum atomic E-state index is 13.3. The molecule has 6 nitrogen and oxygen atoms in total. The first-order chi connectivity index (χ1) is 14.9. The first kappa shape index (κ1) is 20.3. The number of aryl methyl sites for hydroxylation is 1. The van der Waals surface area contributed by atoms with Gasteiger partial charge in [-0.05, 0) is 48.9 Å². The summed E-state index contributed by atoms with van der Waals surface area (Å²) in [6, 6.07) is 17.8. The largest absolute Gasteiger partial charge is 0.489 e. The molecular weight excluding hydrogens is 399 g/mol. The van der Waals surface area contributed by atoms with Gasteiger partial charge in [-0.15, -0.1) is 0 Å². The van der Waals surface area contributed by atoms with Crippen molar-refractivity contribution >= 4 is 23.4 Å². The standard InChI is InChI=1S/C24H19FN2O4/c1-15-8-9-20-21(10-15)24(30)27(23(20)29)13-22(28)26-18-6-3-7-19(12-18)31-14-16-4-2-5-17(25)11-16/h2-12H,13-14H2,1H3,(H,26,28). The van der Waals surface area contributed by atoms with E-state index >= 15 is 0 Å². The van der Waals surface area contributed by atoms with Crippen molar-refractivity contribution in [3.05, 3.63) is 94.8 Å². The molecule has 0 fully saturated rings. The van der Waals surface area contributed by atoms with Crippen LogP contribution < -0.4 is 10.1 Å². The van der Waals surface area contributed by atoms with Crippen molar-refractivity contribution in [3.8, 4) is 5.75 Å². The molecule has 0 saturated heterocycles. The molecule has 0 atom stereocenters. The van der Waals surface area contributed by atoms with Gasteiger partial charge in [-0.25, -0.2) is 4.39 Å². The molecule has 3 amide bonds. The van der Waals surface area contributed by atoms with Crippen LogP contribution in [0.25, 0.3) is 0 Å². The van der Waals surface area contributed by atoms with Crippen molar-refractivity contribution < 1.29 is 23.5 Å². The normalized spacial score (nSPS) is 12.6. The van der Waals surface area contributed by atoms with Gasteiger partial charge in [0.15, 0.2) is 0 Å². The summed E-state index contributed by atoms with van der Waals surface area (Å²) >= 11 is 0. The molecule has 3 aromatic carbocycles. The smallest absolute Gasteiger partial charge is 0.262 e. The number of carbonyl (C=O) groups is 3. The number of fused-ring (bicyclic) bond motifs is 1. The monoisotopic (exact) mass is 418 g/mol. The zero-order valence-electron chi connectivity index (χ0n) is 16.7. The maximum absolute atomic E-state index is 13.3. The van der Waals surface area contributed by atoms with Gasteiger partial charge in [0.1, 0.15) is 24.7 Å². The first-order valence-electron chi connectivity index (χ1n) is 9.65. The second-order valence-electron chi connectivity index (χ2n) is 7.24. The fourth-order valence-electron chi connectivity index (χ4n) is 3.35. The summed E-state index contributed by atoms with van der Waals surface area (Å²) in [4.78, 5) is 38.4. The second kappa shape index (κ2) is 8.39. The number of imide groups is 1. The number of benzene rings is 3. The third-order valence-corrected chi connectivity index (χ3v) is 4.84. The topological polar surface area (TPSA) is 75.7 Å². The van der Waals surface area contributed by atoms with Crippen LogP contribution in [0.1, 0.15) is 31.8 Å². The lowest BCUT2D eigenvalue weighted by molar-refractivity contribution is -0.116. The molecule has 0 bridgehead atoms. The Morgan fingerprint density at radius 2 is 1.74 bits per heavy atom. The molecular formula is C24H19FN2O4. The number of hydrogen-bond donors (Lipinski definition) is 1. The minimum absolute atomic E-state index is 0.170. The van der Waals surface area contributed by atoms with Crippen molar-refractivity contribution in [3.63, 3.8) is 0 Å². The minimum atomic E-state index is -0.506. The van der Waals surface area contributed by atoms with E-state index in [4.69, 9.17) is 4.74 Å². The Balaban J connectivity index is 1.38. The Kier molecular flexibility index (Phi) is 5.49. The van der Waals surface area contributed by atoms with Gasteiger partial charge in [-0.2, -0.15) is 0 Å². The van der Waals surface area contributed by atoms with Crippen LogP contribution in [0.2, 0.25) is 0 Å². The summed E-state index contributed by atoms with van der Waals surface area (Å²) < 4.78 is 18.9. The molecule has 0 aliphatic carbocycles. The third kappa shape index (κ3) is 4.45. The highest BCUT2D eigenvalue weighted by Gasteiger charge is 2.36. The number of nitrogens with zero attached hydrogens (tertiary/aromatic N) is 1. The van der Waals surface area contributed by atoms with Crippen molar-refractivity contribution in [2.75, 3.05) is 11.9 Å². The van der Waals surface area contributed by atoms with Gasteiger partial charge in [-0.3, -0.25) is 19.3 Å². The molecule has 0 aromatic heterocycles. The molecule has 1 aliphatic heterocycles. The summed E-state index contributed by atoms with van der Waals surface area (Å²) in [5, 5.41) is 2.67. The predicted molar refractivity (Wildman–Crippen MR) is 112 cm³/mol. The van der Waals surface area contributed by atoms with E-state index in [1.807, 2.05) is 6.92 Å². The molecule has 1 N–H and O–H groups in total. The summed E-state index contributed by atoms with van der Waals surface area (Å²) in [5.41, 5.74) is 2.60. The highest BCUT2D eigenvalue weighted by atomic mass is 19.1. The molecule has 1 heterocycles. The van der Waals surface area contributed by atoms with Crippen LogP contribution >= 0.6 is 0 Å². The lowest BCUT2D eigenvalue weighted by Crippen LogP contribution is -2.37. The van der Waals surface area contributed by atoms with Gasteiger partial charge in [-0.1, -0.05) is 29.8 Å². The number of amides is 3. The van der Waals surface area contributed by atoms with Gasteiger partial charge >= 0.3 is 0 Å². The molecule has 0 radical (unpaired) electrons. The summed E-state index contributed by atoms with van der Waals surface area (Å²) in [7, 11) is 0. The van der Waals surface area contributed by atoms with E-state index in [1.54, 1.807) is 54.6 Å². The lowest BCUT2D eigenvalue weighted by atomic mass is 10.1.